The van der Waals surface area contributed by atoms with Crippen molar-refractivity contribution in [2.24, 2.45) is 5.92 Å². The van der Waals surface area contributed by atoms with Crippen LogP contribution >= 0.6 is 0 Å². The second-order valence-corrected chi connectivity index (χ2v) is 4.18. The van der Waals surface area contributed by atoms with Gasteiger partial charge in [-0.15, -0.1) is 0 Å². The lowest BCUT2D eigenvalue weighted by molar-refractivity contribution is -0.123. The SMILES string of the molecule is CC(C)CNC(=O)C(C)NC(C)C. The van der Waals surface area contributed by atoms with E-state index >= 15 is 0 Å². The summed E-state index contributed by atoms with van der Waals surface area (Å²) in [4.78, 5) is 11.4. The van der Waals surface area contributed by atoms with Crippen LogP contribution in [0.2, 0.25) is 0 Å². The first-order chi connectivity index (χ1) is 5.93. The van der Waals surface area contributed by atoms with Gasteiger partial charge in [0.15, 0.2) is 0 Å². The molecule has 0 aliphatic carbocycles. The fraction of sp³-hybridized carbons (Fsp3) is 0.900. The van der Waals surface area contributed by atoms with Crippen LogP contribution in [0.15, 0.2) is 0 Å². The topological polar surface area (TPSA) is 41.1 Å². The number of hydrogen-bond donors (Lipinski definition) is 2. The van der Waals surface area contributed by atoms with Gasteiger partial charge in [0.05, 0.1) is 6.04 Å². The van der Waals surface area contributed by atoms with E-state index in [-0.39, 0.29) is 11.9 Å². The molecular formula is C10H22N2O. The summed E-state index contributed by atoms with van der Waals surface area (Å²) in [6.07, 6.45) is 0. The summed E-state index contributed by atoms with van der Waals surface area (Å²) in [5, 5.41) is 6.04. The van der Waals surface area contributed by atoms with Gasteiger partial charge in [-0.05, 0) is 12.8 Å². The highest BCUT2D eigenvalue weighted by atomic mass is 16.2. The Morgan fingerprint density at radius 1 is 1.15 bits per heavy atom. The second-order valence-electron chi connectivity index (χ2n) is 4.18. The molecule has 13 heavy (non-hydrogen) atoms. The van der Waals surface area contributed by atoms with Crippen LogP contribution in [0.25, 0.3) is 0 Å². The van der Waals surface area contributed by atoms with Crippen molar-refractivity contribution in [1.29, 1.82) is 0 Å². The maximum atomic E-state index is 11.4. The summed E-state index contributed by atoms with van der Waals surface area (Å²) in [6.45, 7) is 10.9. The lowest BCUT2D eigenvalue weighted by Gasteiger charge is -2.17. The van der Waals surface area contributed by atoms with E-state index in [0.717, 1.165) is 6.54 Å². The van der Waals surface area contributed by atoms with Crippen LogP contribution in [0.3, 0.4) is 0 Å². The van der Waals surface area contributed by atoms with Crippen LogP contribution in [0.5, 0.6) is 0 Å². The average molecular weight is 186 g/mol. The van der Waals surface area contributed by atoms with Gasteiger partial charge in [0.25, 0.3) is 0 Å². The van der Waals surface area contributed by atoms with Gasteiger partial charge in [-0.2, -0.15) is 0 Å². The Hall–Kier alpha value is -0.570. The first-order valence-corrected chi connectivity index (χ1v) is 4.97. The van der Waals surface area contributed by atoms with Crippen LogP contribution in [-0.4, -0.2) is 24.5 Å². The van der Waals surface area contributed by atoms with Crippen molar-refractivity contribution in [3.63, 3.8) is 0 Å². The molecule has 0 aliphatic rings. The van der Waals surface area contributed by atoms with Crippen LogP contribution in [0, 0.1) is 5.92 Å². The number of amides is 1. The third-order valence-corrected chi connectivity index (χ3v) is 1.66. The molecule has 0 saturated heterocycles. The van der Waals surface area contributed by atoms with Crippen LogP contribution in [-0.2, 0) is 4.79 Å². The average Bonchev–Trinajstić information content (AvgIpc) is 1.98. The van der Waals surface area contributed by atoms with Crippen molar-refractivity contribution in [3.8, 4) is 0 Å². The standard InChI is InChI=1S/C10H22N2O/c1-7(2)6-11-10(13)9(5)12-8(3)4/h7-9,12H,6H2,1-5H3,(H,11,13). The first kappa shape index (κ1) is 12.4. The Morgan fingerprint density at radius 3 is 2.08 bits per heavy atom. The highest BCUT2D eigenvalue weighted by Crippen LogP contribution is 1.90. The molecule has 3 heteroatoms. The van der Waals surface area contributed by atoms with Gasteiger partial charge in [0, 0.05) is 12.6 Å². The molecule has 1 amide bonds. The molecule has 0 rings (SSSR count). The van der Waals surface area contributed by atoms with Crippen molar-refractivity contribution < 1.29 is 4.79 Å². The third-order valence-electron chi connectivity index (χ3n) is 1.66. The zero-order valence-electron chi connectivity index (χ0n) is 9.35. The molecule has 0 aromatic rings. The number of rotatable bonds is 5. The Bertz CT molecular complexity index is 155. The Kier molecular flexibility index (Phi) is 5.71. The molecule has 0 aromatic carbocycles. The van der Waals surface area contributed by atoms with Crippen LogP contribution in [0.1, 0.15) is 34.6 Å². The smallest absolute Gasteiger partial charge is 0.236 e. The predicted octanol–water partition coefficient (Wildman–Crippen LogP) is 1.15. The van der Waals surface area contributed by atoms with E-state index < -0.39 is 0 Å². The Labute approximate surface area is 81.3 Å². The number of nitrogens with one attached hydrogen (secondary N) is 2. The number of carbonyl (C=O) groups excluding carboxylic acids is 1. The van der Waals surface area contributed by atoms with E-state index in [2.05, 4.69) is 24.5 Å². The molecule has 0 aliphatic heterocycles. The van der Waals surface area contributed by atoms with Gasteiger partial charge >= 0.3 is 0 Å². The highest BCUT2D eigenvalue weighted by Gasteiger charge is 2.12. The quantitative estimate of drug-likeness (QED) is 0.676. The fourth-order valence-corrected chi connectivity index (χ4v) is 1.03. The molecule has 1 unspecified atom stereocenters. The van der Waals surface area contributed by atoms with Gasteiger partial charge in [0.1, 0.15) is 0 Å². The van der Waals surface area contributed by atoms with E-state index in [1.54, 1.807) is 0 Å². The predicted molar refractivity (Wildman–Crippen MR) is 55.6 cm³/mol. The molecule has 0 fully saturated rings. The van der Waals surface area contributed by atoms with Crippen molar-refractivity contribution in [3.05, 3.63) is 0 Å². The maximum Gasteiger partial charge on any atom is 0.236 e. The van der Waals surface area contributed by atoms with E-state index in [4.69, 9.17) is 0 Å². The monoisotopic (exact) mass is 186 g/mol. The molecular weight excluding hydrogens is 164 g/mol. The molecule has 0 bridgehead atoms. The molecule has 2 N–H and O–H groups in total. The summed E-state index contributed by atoms with van der Waals surface area (Å²) in [5.41, 5.74) is 0. The zero-order chi connectivity index (χ0) is 10.4. The minimum absolute atomic E-state index is 0.0856. The van der Waals surface area contributed by atoms with Crippen molar-refractivity contribution in [1.82, 2.24) is 10.6 Å². The number of carbonyl (C=O) groups is 1. The van der Waals surface area contributed by atoms with Gasteiger partial charge in [0.2, 0.25) is 5.91 Å². The summed E-state index contributed by atoms with van der Waals surface area (Å²) >= 11 is 0. The molecule has 0 aromatic heterocycles. The van der Waals surface area contributed by atoms with E-state index in [1.807, 2.05) is 20.8 Å². The third kappa shape index (κ3) is 6.58. The Balaban J connectivity index is 3.69. The van der Waals surface area contributed by atoms with Gasteiger partial charge in [-0.3, -0.25) is 4.79 Å². The van der Waals surface area contributed by atoms with Crippen molar-refractivity contribution in [2.75, 3.05) is 6.54 Å². The van der Waals surface area contributed by atoms with E-state index in [1.165, 1.54) is 0 Å². The Morgan fingerprint density at radius 2 is 1.69 bits per heavy atom. The van der Waals surface area contributed by atoms with Crippen molar-refractivity contribution in [2.45, 2.75) is 46.7 Å². The second kappa shape index (κ2) is 5.97. The summed E-state index contributed by atoms with van der Waals surface area (Å²) in [5.74, 6) is 0.595. The molecule has 1 atom stereocenters. The van der Waals surface area contributed by atoms with Crippen molar-refractivity contribution >= 4 is 5.91 Å². The zero-order valence-corrected chi connectivity index (χ0v) is 9.35. The molecule has 0 spiro atoms. The molecule has 78 valence electrons. The fourth-order valence-electron chi connectivity index (χ4n) is 1.03. The normalized spacial score (nSPS) is 13.5. The van der Waals surface area contributed by atoms with Crippen LogP contribution in [0.4, 0.5) is 0 Å². The molecule has 3 nitrogen and oxygen atoms in total. The molecule has 0 heterocycles. The number of hydrogen-bond acceptors (Lipinski definition) is 2. The minimum atomic E-state index is -0.0984. The molecule has 0 saturated carbocycles. The lowest BCUT2D eigenvalue weighted by atomic mass is 10.2. The minimum Gasteiger partial charge on any atom is -0.354 e. The van der Waals surface area contributed by atoms with Gasteiger partial charge < -0.3 is 10.6 Å². The maximum absolute atomic E-state index is 11.4. The summed E-state index contributed by atoms with van der Waals surface area (Å²) in [6, 6.07) is 0.249. The summed E-state index contributed by atoms with van der Waals surface area (Å²) < 4.78 is 0. The van der Waals surface area contributed by atoms with Gasteiger partial charge in [-0.25, -0.2) is 0 Å². The first-order valence-electron chi connectivity index (χ1n) is 4.97. The van der Waals surface area contributed by atoms with Gasteiger partial charge in [-0.1, -0.05) is 27.7 Å². The lowest BCUT2D eigenvalue weighted by Crippen LogP contribution is -2.45. The largest absolute Gasteiger partial charge is 0.354 e. The van der Waals surface area contributed by atoms with E-state index in [9.17, 15) is 4.79 Å². The highest BCUT2D eigenvalue weighted by molar-refractivity contribution is 5.81. The van der Waals surface area contributed by atoms with E-state index in [0.29, 0.717) is 12.0 Å². The molecule has 0 radical (unpaired) electrons. The van der Waals surface area contributed by atoms with Crippen LogP contribution < -0.4 is 10.6 Å². The summed E-state index contributed by atoms with van der Waals surface area (Å²) in [7, 11) is 0.